The number of hydrogen-bond acceptors (Lipinski definition) is 3. The Hall–Kier alpha value is -1.36. The maximum atomic E-state index is 11.3. The Kier molecular flexibility index (Phi) is 5.55. The Morgan fingerprint density at radius 3 is 2.57 bits per heavy atom. The fourth-order valence-corrected chi connectivity index (χ4v) is 0.904. The van der Waals surface area contributed by atoms with Crippen LogP contribution in [0.3, 0.4) is 0 Å². The Balaban J connectivity index is 4.14. The van der Waals surface area contributed by atoms with Crippen molar-refractivity contribution in [3.63, 3.8) is 0 Å². The van der Waals surface area contributed by atoms with Gasteiger partial charge in [-0.25, -0.2) is 4.79 Å². The van der Waals surface area contributed by atoms with Gasteiger partial charge >= 0.3 is 5.97 Å². The zero-order valence-electron chi connectivity index (χ0n) is 8.19. The molecular weight excluding hydrogens is 184 g/mol. The van der Waals surface area contributed by atoms with E-state index in [4.69, 9.17) is 10.8 Å². The molecule has 5 nitrogen and oxygen atoms in total. The van der Waals surface area contributed by atoms with E-state index in [-0.39, 0.29) is 0 Å². The van der Waals surface area contributed by atoms with E-state index >= 15 is 0 Å². The molecule has 0 fully saturated rings. The number of aliphatic carboxylic acids is 1. The number of nitrogens with two attached hydrogens (primary N) is 1. The summed E-state index contributed by atoms with van der Waals surface area (Å²) < 4.78 is 0. The summed E-state index contributed by atoms with van der Waals surface area (Å²) in [5.41, 5.74) is 5.45. The smallest absolute Gasteiger partial charge is 0.326 e. The topological polar surface area (TPSA) is 92.4 Å². The molecule has 5 heteroatoms. The van der Waals surface area contributed by atoms with Crippen LogP contribution in [0.15, 0.2) is 12.7 Å². The Morgan fingerprint density at radius 1 is 1.64 bits per heavy atom. The molecule has 0 rings (SSSR count). The van der Waals surface area contributed by atoms with Gasteiger partial charge in [0, 0.05) is 0 Å². The molecule has 0 aromatic heterocycles. The van der Waals surface area contributed by atoms with Gasteiger partial charge in [-0.15, -0.1) is 6.58 Å². The van der Waals surface area contributed by atoms with Gasteiger partial charge in [0.25, 0.3) is 0 Å². The first-order chi connectivity index (χ1) is 6.52. The molecule has 2 atom stereocenters. The molecule has 0 aliphatic carbocycles. The molecule has 0 aliphatic heterocycles. The quantitative estimate of drug-likeness (QED) is 0.521. The number of carbonyl (C=O) groups excluding carboxylic acids is 1. The Bertz CT molecular complexity index is 228. The standard InChI is InChI=1S/C9H16N2O3/c1-3-5-6(10)8(12)11-7(4-2)9(13)14/h3,6-7H,1,4-5,10H2,2H3,(H,11,12)(H,13,14). The molecule has 0 spiro atoms. The number of carboxylic acids is 1. The van der Waals surface area contributed by atoms with Gasteiger partial charge in [0.2, 0.25) is 5.91 Å². The molecule has 80 valence electrons. The second-order valence-electron chi connectivity index (χ2n) is 2.94. The molecule has 0 radical (unpaired) electrons. The van der Waals surface area contributed by atoms with E-state index in [1.54, 1.807) is 6.92 Å². The van der Waals surface area contributed by atoms with Crippen molar-refractivity contribution in [3.05, 3.63) is 12.7 Å². The van der Waals surface area contributed by atoms with Gasteiger partial charge in [0.15, 0.2) is 0 Å². The van der Waals surface area contributed by atoms with Crippen LogP contribution in [0.2, 0.25) is 0 Å². The van der Waals surface area contributed by atoms with Crippen molar-refractivity contribution in [2.45, 2.75) is 31.8 Å². The van der Waals surface area contributed by atoms with Gasteiger partial charge in [0.1, 0.15) is 6.04 Å². The van der Waals surface area contributed by atoms with E-state index in [2.05, 4.69) is 11.9 Å². The number of carboxylic acid groups (broad SMARTS) is 1. The predicted molar refractivity (Wildman–Crippen MR) is 52.6 cm³/mol. The van der Waals surface area contributed by atoms with E-state index in [1.165, 1.54) is 6.08 Å². The van der Waals surface area contributed by atoms with Crippen LogP contribution in [0.5, 0.6) is 0 Å². The molecule has 0 heterocycles. The van der Waals surface area contributed by atoms with Crippen LogP contribution in [0.1, 0.15) is 19.8 Å². The second kappa shape index (κ2) is 6.15. The molecule has 14 heavy (non-hydrogen) atoms. The van der Waals surface area contributed by atoms with Crippen LogP contribution in [-0.4, -0.2) is 29.1 Å². The second-order valence-corrected chi connectivity index (χ2v) is 2.94. The summed E-state index contributed by atoms with van der Waals surface area (Å²) in [7, 11) is 0. The number of hydrogen-bond donors (Lipinski definition) is 3. The summed E-state index contributed by atoms with van der Waals surface area (Å²) in [5, 5.41) is 11.0. The maximum Gasteiger partial charge on any atom is 0.326 e. The van der Waals surface area contributed by atoms with Crippen molar-refractivity contribution < 1.29 is 14.7 Å². The summed E-state index contributed by atoms with van der Waals surface area (Å²) >= 11 is 0. The van der Waals surface area contributed by atoms with Crippen LogP contribution < -0.4 is 11.1 Å². The molecule has 0 saturated carbocycles. The highest BCUT2D eigenvalue weighted by Crippen LogP contribution is 1.94. The summed E-state index contributed by atoms with van der Waals surface area (Å²) in [6, 6.07) is -1.58. The van der Waals surface area contributed by atoms with E-state index in [1.807, 2.05) is 0 Å². The number of amides is 1. The van der Waals surface area contributed by atoms with E-state index in [0.717, 1.165) is 0 Å². The van der Waals surface area contributed by atoms with Gasteiger partial charge < -0.3 is 16.2 Å². The lowest BCUT2D eigenvalue weighted by molar-refractivity contribution is -0.142. The zero-order chi connectivity index (χ0) is 11.1. The molecular formula is C9H16N2O3. The molecule has 1 amide bonds. The minimum Gasteiger partial charge on any atom is -0.480 e. The third-order valence-electron chi connectivity index (χ3n) is 1.78. The van der Waals surface area contributed by atoms with Crippen LogP contribution in [0.25, 0.3) is 0 Å². The highest BCUT2D eigenvalue weighted by molar-refractivity contribution is 5.86. The maximum absolute atomic E-state index is 11.3. The zero-order valence-corrected chi connectivity index (χ0v) is 8.19. The molecule has 0 aliphatic rings. The van der Waals surface area contributed by atoms with Gasteiger partial charge in [0.05, 0.1) is 6.04 Å². The summed E-state index contributed by atoms with van der Waals surface area (Å²) in [4.78, 5) is 21.8. The first kappa shape index (κ1) is 12.6. The predicted octanol–water partition coefficient (Wildman–Crippen LogP) is -0.131. The van der Waals surface area contributed by atoms with Crippen molar-refractivity contribution >= 4 is 11.9 Å². The van der Waals surface area contributed by atoms with E-state index in [9.17, 15) is 9.59 Å². The first-order valence-electron chi connectivity index (χ1n) is 4.42. The van der Waals surface area contributed by atoms with Gasteiger partial charge in [-0.1, -0.05) is 13.0 Å². The lowest BCUT2D eigenvalue weighted by atomic mass is 10.1. The minimum absolute atomic E-state index is 0.335. The monoisotopic (exact) mass is 200 g/mol. The molecule has 0 saturated heterocycles. The molecule has 2 unspecified atom stereocenters. The third kappa shape index (κ3) is 4.04. The van der Waals surface area contributed by atoms with Crippen LogP contribution in [0.4, 0.5) is 0 Å². The highest BCUT2D eigenvalue weighted by Gasteiger charge is 2.20. The van der Waals surface area contributed by atoms with Crippen LogP contribution in [0, 0.1) is 0 Å². The largest absolute Gasteiger partial charge is 0.480 e. The van der Waals surface area contributed by atoms with Crippen LogP contribution >= 0.6 is 0 Å². The number of rotatable bonds is 6. The third-order valence-corrected chi connectivity index (χ3v) is 1.78. The van der Waals surface area contributed by atoms with Crippen LogP contribution in [-0.2, 0) is 9.59 Å². The van der Waals surface area contributed by atoms with Crippen molar-refractivity contribution in [1.82, 2.24) is 5.32 Å². The minimum atomic E-state index is -1.05. The Labute approximate surface area is 83.0 Å². The fraction of sp³-hybridized carbons (Fsp3) is 0.556. The van der Waals surface area contributed by atoms with Gasteiger partial charge in [-0.2, -0.15) is 0 Å². The molecule has 0 aromatic carbocycles. The van der Waals surface area contributed by atoms with Crippen molar-refractivity contribution in [2.24, 2.45) is 5.73 Å². The average Bonchev–Trinajstić information content (AvgIpc) is 2.13. The summed E-state index contributed by atoms with van der Waals surface area (Å²) in [5.74, 6) is -1.51. The molecule has 0 aromatic rings. The number of nitrogens with one attached hydrogen (secondary N) is 1. The number of carbonyl (C=O) groups is 2. The van der Waals surface area contributed by atoms with Crippen molar-refractivity contribution in [2.75, 3.05) is 0 Å². The fourth-order valence-electron chi connectivity index (χ4n) is 0.904. The molecule has 0 bridgehead atoms. The first-order valence-corrected chi connectivity index (χ1v) is 4.42. The average molecular weight is 200 g/mol. The van der Waals surface area contributed by atoms with Crippen molar-refractivity contribution in [1.29, 1.82) is 0 Å². The Morgan fingerprint density at radius 2 is 2.21 bits per heavy atom. The van der Waals surface area contributed by atoms with Gasteiger partial charge in [-0.3, -0.25) is 4.79 Å². The van der Waals surface area contributed by atoms with Crippen molar-refractivity contribution in [3.8, 4) is 0 Å². The van der Waals surface area contributed by atoms with E-state index < -0.39 is 24.0 Å². The SMILES string of the molecule is C=CCC(N)C(=O)NC(CC)C(=O)O. The lowest BCUT2D eigenvalue weighted by Gasteiger charge is -2.15. The molecule has 4 N–H and O–H groups in total. The normalized spacial score (nSPS) is 14.1. The lowest BCUT2D eigenvalue weighted by Crippen LogP contribution is -2.47. The summed E-state index contributed by atoms with van der Waals surface area (Å²) in [6.07, 6.45) is 2.19. The van der Waals surface area contributed by atoms with E-state index in [0.29, 0.717) is 12.8 Å². The highest BCUT2D eigenvalue weighted by atomic mass is 16.4. The van der Waals surface area contributed by atoms with Gasteiger partial charge in [-0.05, 0) is 12.8 Å². The summed E-state index contributed by atoms with van der Waals surface area (Å²) in [6.45, 7) is 5.12.